The standard InChI is InChI=1S/C17H16N4S/c1-11-6-8-12(9-7-11)10-22-17-19-16-15(20-21-17)13-4-2-3-5-14(13)18-16/h2-9,17-19H,10H2,1H3. The van der Waals surface area contributed by atoms with Gasteiger partial charge in [0.1, 0.15) is 11.5 Å². The van der Waals surface area contributed by atoms with Gasteiger partial charge in [-0.25, -0.2) is 0 Å². The van der Waals surface area contributed by atoms with Crippen LogP contribution in [0.5, 0.6) is 0 Å². The second-order valence-corrected chi connectivity index (χ2v) is 6.47. The van der Waals surface area contributed by atoms with Crippen LogP contribution in [0.2, 0.25) is 0 Å². The number of H-pyrrole nitrogens is 1. The fraction of sp³-hybridized carbons (Fsp3) is 0.176. The van der Waals surface area contributed by atoms with Gasteiger partial charge in [-0.2, -0.15) is 5.11 Å². The van der Waals surface area contributed by atoms with Crippen LogP contribution >= 0.6 is 11.8 Å². The number of nitrogens with zero attached hydrogens (tertiary/aromatic N) is 2. The number of anilines is 1. The van der Waals surface area contributed by atoms with Crippen molar-refractivity contribution in [2.24, 2.45) is 10.2 Å². The van der Waals surface area contributed by atoms with E-state index in [1.807, 2.05) is 12.1 Å². The number of aryl methyl sites for hydroxylation is 1. The molecule has 2 aromatic carbocycles. The van der Waals surface area contributed by atoms with E-state index in [1.54, 1.807) is 11.8 Å². The van der Waals surface area contributed by atoms with Gasteiger partial charge in [0.2, 0.25) is 0 Å². The average Bonchev–Trinajstić information content (AvgIpc) is 2.92. The first-order valence-electron chi connectivity index (χ1n) is 7.25. The minimum atomic E-state index is -0.0538. The van der Waals surface area contributed by atoms with Crippen molar-refractivity contribution >= 4 is 34.2 Å². The average molecular weight is 308 g/mol. The van der Waals surface area contributed by atoms with Crippen molar-refractivity contribution < 1.29 is 0 Å². The number of para-hydroxylation sites is 1. The molecule has 22 heavy (non-hydrogen) atoms. The van der Waals surface area contributed by atoms with E-state index in [0.717, 1.165) is 28.2 Å². The van der Waals surface area contributed by atoms with Gasteiger partial charge >= 0.3 is 0 Å². The Bertz CT molecular complexity index is 835. The third kappa shape index (κ3) is 2.48. The zero-order valence-corrected chi connectivity index (χ0v) is 13.0. The van der Waals surface area contributed by atoms with Crippen molar-refractivity contribution in [1.82, 2.24) is 4.98 Å². The van der Waals surface area contributed by atoms with Crippen LogP contribution in [0.1, 0.15) is 11.1 Å². The number of thioether (sulfide) groups is 1. The quantitative estimate of drug-likeness (QED) is 0.698. The molecule has 0 bridgehead atoms. The normalized spacial score (nSPS) is 16.5. The number of aromatic nitrogens is 1. The Morgan fingerprint density at radius 3 is 2.77 bits per heavy atom. The van der Waals surface area contributed by atoms with Crippen LogP contribution in [0.15, 0.2) is 58.8 Å². The van der Waals surface area contributed by atoms with Gasteiger partial charge in [0.25, 0.3) is 0 Å². The topological polar surface area (TPSA) is 52.5 Å². The van der Waals surface area contributed by atoms with E-state index < -0.39 is 0 Å². The summed E-state index contributed by atoms with van der Waals surface area (Å²) in [5.41, 5.74) is 4.52. The summed E-state index contributed by atoms with van der Waals surface area (Å²) in [6.45, 7) is 2.10. The predicted molar refractivity (Wildman–Crippen MR) is 92.7 cm³/mol. The second-order valence-electron chi connectivity index (χ2n) is 5.40. The summed E-state index contributed by atoms with van der Waals surface area (Å²) >= 11 is 1.74. The molecule has 0 spiro atoms. The van der Waals surface area contributed by atoms with E-state index in [2.05, 4.69) is 63.9 Å². The lowest BCUT2D eigenvalue weighted by Crippen LogP contribution is -2.15. The number of fused-ring (bicyclic) bond motifs is 3. The zero-order valence-electron chi connectivity index (χ0n) is 12.2. The van der Waals surface area contributed by atoms with Crippen LogP contribution in [0.25, 0.3) is 10.9 Å². The van der Waals surface area contributed by atoms with Gasteiger partial charge in [-0.1, -0.05) is 48.0 Å². The van der Waals surface area contributed by atoms with E-state index in [9.17, 15) is 0 Å². The molecular weight excluding hydrogens is 292 g/mol. The number of hydrogen-bond acceptors (Lipinski definition) is 4. The molecule has 4 nitrogen and oxygen atoms in total. The maximum Gasteiger partial charge on any atom is 0.188 e. The van der Waals surface area contributed by atoms with Gasteiger partial charge in [0, 0.05) is 16.7 Å². The molecule has 2 N–H and O–H groups in total. The van der Waals surface area contributed by atoms with E-state index in [4.69, 9.17) is 0 Å². The Hall–Kier alpha value is -2.27. The maximum absolute atomic E-state index is 4.40. The number of aromatic amines is 1. The third-order valence-corrected chi connectivity index (χ3v) is 4.77. The molecule has 1 aromatic heterocycles. The highest BCUT2D eigenvalue weighted by Crippen LogP contribution is 2.39. The van der Waals surface area contributed by atoms with Crippen molar-refractivity contribution in [2.75, 3.05) is 5.32 Å². The molecule has 0 fully saturated rings. The summed E-state index contributed by atoms with van der Waals surface area (Å²) in [5, 5.41) is 13.3. The summed E-state index contributed by atoms with van der Waals surface area (Å²) in [5.74, 6) is 1.87. The van der Waals surface area contributed by atoms with Gasteiger partial charge in [0.15, 0.2) is 5.50 Å². The van der Waals surface area contributed by atoms with E-state index in [1.165, 1.54) is 11.1 Å². The Balaban J connectivity index is 1.49. The van der Waals surface area contributed by atoms with Crippen LogP contribution in [0, 0.1) is 6.92 Å². The lowest BCUT2D eigenvalue weighted by atomic mass is 10.2. The predicted octanol–water partition coefficient (Wildman–Crippen LogP) is 5.20. The first-order valence-corrected chi connectivity index (χ1v) is 8.30. The molecule has 4 rings (SSSR count). The first-order chi connectivity index (χ1) is 10.8. The summed E-state index contributed by atoms with van der Waals surface area (Å²) in [4.78, 5) is 3.37. The second kappa shape index (κ2) is 5.50. The molecule has 1 aliphatic heterocycles. The van der Waals surface area contributed by atoms with Crippen molar-refractivity contribution in [3.63, 3.8) is 0 Å². The number of rotatable bonds is 3. The minimum Gasteiger partial charge on any atom is -0.340 e. The lowest BCUT2D eigenvalue weighted by molar-refractivity contribution is 0.921. The molecule has 0 saturated heterocycles. The molecule has 1 unspecified atom stereocenters. The van der Waals surface area contributed by atoms with Crippen molar-refractivity contribution in [2.45, 2.75) is 18.2 Å². The maximum atomic E-state index is 4.40. The fourth-order valence-corrected chi connectivity index (χ4v) is 3.39. The number of azo groups is 1. The SMILES string of the molecule is Cc1ccc(CSC2N=Nc3c([nH]c4ccccc34)N2)cc1. The summed E-state index contributed by atoms with van der Waals surface area (Å²) in [6, 6.07) is 16.8. The Kier molecular flexibility index (Phi) is 3.35. The van der Waals surface area contributed by atoms with Crippen LogP contribution in [0.3, 0.4) is 0 Å². The zero-order chi connectivity index (χ0) is 14.9. The summed E-state index contributed by atoms with van der Waals surface area (Å²) in [7, 11) is 0. The highest BCUT2D eigenvalue weighted by atomic mass is 32.2. The number of hydrogen-bond donors (Lipinski definition) is 2. The molecule has 3 aromatic rings. The minimum absolute atomic E-state index is 0.0538. The molecular formula is C17H16N4S. The van der Waals surface area contributed by atoms with E-state index in [-0.39, 0.29) is 5.50 Å². The van der Waals surface area contributed by atoms with E-state index >= 15 is 0 Å². The molecule has 0 radical (unpaired) electrons. The molecule has 110 valence electrons. The van der Waals surface area contributed by atoms with Crippen molar-refractivity contribution in [1.29, 1.82) is 0 Å². The Labute approximate surface area is 133 Å². The van der Waals surface area contributed by atoms with Gasteiger partial charge in [-0.05, 0) is 18.6 Å². The van der Waals surface area contributed by atoms with Gasteiger partial charge in [-0.3, -0.25) is 0 Å². The van der Waals surface area contributed by atoms with Crippen molar-refractivity contribution in [3.8, 4) is 0 Å². The van der Waals surface area contributed by atoms with Crippen LogP contribution in [0.4, 0.5) is 11.5 Å². The molecule has 5 heteroatoms. The van der Waals surface area contributed by atoms with Crippen LogP contribution < -0.4 is 5.32 Å². The number of benzene rings is 2. The van der Waals surface area contributed by atoms with Crippen LogP contribution in [-0.4, -0.2) is 10.5 Å². The lowest BCUT2D eigenvalue weighted by Gasteiger charge is -2.17. The largest absolute Gasteiger partial charge is 0.340 e. The summed E-state index contributed by atoms with van der Waals surface area (Å²) < 4.78 is 0. The Morgan fingerprint density at radius 2 is 1.91 bits per heavy atom. The molecule has 1 aliphatic rings. The highest BCUT2D eigenvalue weighted by Gasteiger charge is 2.19. The highest BCUT2D eigenvalue weighted by molar-refractivity contribution is 7.99. The molecule has 0 aliphatic carbocycles. The van der Waals surface area contributed by atoms with Gasteiger partial charge in [-0.15, -0.1) is 16.9 Å². The smallest absolute Gasteiger partial charge is 0.188 e. The molecule has 0 amide bonds. The molecule has 0 saturated carbocycles. The molecule has 1 atom stereocenters. The molecule has 2 heterocycles. The number of nitrogens with one attached hydrogen (secondary N) is 2. The van der Waals surface area contributed by atoms with Crippen LogP contribution in [-0.2, 0) is 5.75 Å². The monoisotopic (exact) mass is 308 g/mol. The Morgan fingerprint density at radius 1 is 1.09 bits per heavy atom. The van der Waals surface area contributed by atoms with Gasteiger partial charge < -0.3 is 10.3 Å². The fourth-order valence-electron chi connectivity index (χ4n) is 2.53. The summed E-state index contributed by atoms with van der Waals surface area (Å²) in [6.07, 6.45) is 0. The van der Waals surface area contributed by atoms with E-state index in [0.29, 0.717) is 0 Å². The first kappa shape index (κ1) is 13.4. The van der Waals surface area contributed by atoms with Crippen molar-refractivity contribution in [3.05, 3.63) is 59.7 Å². The van der Waals surface area contributed by atoms with Gasteiger partial charge in [0.05, 0.1) is 0 Å². The third-order valence-electron chi connectivity index (χ3n) is 3.74.